The van der Waals surface area contributed by atoms with Gasteiger partial charge >= 0.3 is 5.97 Å². The van der Waals surface area contributed by atoms with Gasteiger partial charge in [-0.05, 0) is 55.8 Å². The lowest BCUT2D eigenvalue weighted by atomic mass is 9.52. The summed E-state index contributed by atoms with van der Waals surface area (Å²) in [6.45, 7) is 6.03. The Balaban J connectivity index is 1.71. The summed E-state index contributed by atoms with van der Waals surface area (Å²) in [5.74, 6) is 0.258. The molecule has 4 saturated carbocycles. The van der Waals surface area contributed by atoms with Gasteiger partial charge in [0.25, 0.3) is 0 Å². The Morgan fingerprint density at radius 3 is 2.27 bits per heavy atom. The van der Waals surface area contributed by atoms with Crippen molar-refractivity contribution in [3.05, 3.63) is 0 Å². The molecule has 4 heteroatoms. The first-order valence-electron chi connectivity index (χ1n) is 8.68. The summed E-state index contributed by atoms with van der Waals surface area (Å²) in [6, 6.07) is 0. The standard InChI is InChI=1S/C18H30O4/c1-16(2,3)9-14(10-19)15(20)22-18-7-12-4-13(8-18)6-17(21,5-12)11-18/h12-14,19,21H,4-11H2,1-3H3. The minimum Gasteiger partial charge on any atom is -0.459 e. The first kappa shape index (κ1) is 16.3. The van der Waals surface area contributed by atoms with Crippen LogP contribution in [0.1, 0.15) is 65.7 Å². The molecule has 0 aromatic carbocycles. The highest BCUT2D eigenvalue weighted by atomic mass is 16.6. The van der Waals surface area contributed by atoms with Crippen LogP contribution in [0.3, 0.4) is 0 Å². The minimum atomic E-state index is -0.622. The Morgan fingerprint density at radius 2 is 1.82 bits per heavy atom. The molecule has 0 radical (unpaired) electrons. The third-order valence-corrected chi connectivity index (χ3v) is 5.71. The van der Waals surface area contributed by atoms with Gasteiger partial charge in [-0.15, -0.1) is 0 Å². The zero-order valence-electron chi connectivity index (χ0n) is 14.1. The quantitative estimate of drug-likeness (QED) is 0.783. The maximum absolute atomic E-state index is 12.6. The molecule has 0 aromatic heterocycles. The van der Waals surface area contributed by atoms with Gasteiger partial charge in [0.2, 0.25) is 0 Å². The summed E-state index contributed by atoms with van der Waals surface area (Å²) in [6.07, 6.45) is 5.91. The van der Waals surface area contributed by atoms with Crippen LogP contribution in [0.25, 0.3) is 0 Å². The molecule has 3 unspecified atom stereocenters. The van der Waals surface area contributed by atoms with Crippen LogP contribution in [0.15, 0.2) is 0 Å². The van der Waals surface area contributed by atoms with Crippen molar-refractivity contribution in [2.24, 2.45) is 23.2 Å². The summed E-state index contributed by atoms with van der Waals surface area (Å²) in [7, 11) is 0. The van der Waals surface area contributed by atoms with E-state index in [4.69, 9.17) is 4.74 Å². The molecule has 0 amide bonds. The van der Waals surface area contributed by atoms with Gasteiger partial charge in [0.1, 0.15) is 5.60 Å². The average Bonchev–Trinajstić information content (AvgIpc) is 2.30. The topological polar surface area (TPSA) is 66.8 Å². The molecule has 0 aliphatic heterocycles. The third-order valence-electron chi connectivity index (χ3n) is 5.71. The SMILES string of the molecule is CC(C)(C)CC(CO)C(=O)OC12CC3CC(CC(O)(C3)C1)C2. The van der Waals surface area contributed by atoms with Crippen molar-refractivity contribution in [3.8, 4) is 0 Å². The van der Waals surface area contributed by atoms with E-state index < -0.39 is 17.1 Å². The van der Waals surface area contributed by atoms with Crippen LogP contribution in [-0.2, 0) is 9.53 Å². The van der Waals surface area contributed by atoms with Gasteiger partial charge in [0.05, 0.1) is 18.1 Å². The van der Waals surface area contributed by atoms with Gasteiger partial charge in [0.15, 0.2) is 0 Å². The molecule has 4 rings (SSSR count). The second-order valence-corrected chi connectivity index (χ2v) is 9.43. The molecule has 4 aliphatic rings. The van der Waals surface area contributed by atoms with Crippen molar-refractivity contribution < 1.29 is 19.7 Å². The summed E-state index contributed by atoms with van der Waals surface area (Å²) < 4.78 is 5.96. The van der Waals surface area contributed by atoms with Crippen LogP contribution in [0.4, 0.5) is 0 Å². The van der Waals surface area contributed by atoms with E-state index in [1.807, 2.05) is 0 Å². The monoisotopic (exact) mass is 310 g/mol. The molecule has 22 heavy (non-hydrogen) atoms. The van der Waals surface area contributed by atoms with Gasteiger partial charge in [-0.25, -0.2) is 0 Å². The van der Waals surface area contributed by atoms with Crippen LogP contribution < -0.4 is 0 Å². The molecule has 0 aromatic rings. The zero-order valence-corrected chi connectivity index (χ0v) is 14.1. The van der Waals surface area contributed by atoms with Gasteiger partial charge in [-0.1, -0.05) is 20.8 Å². The van der Waals surface area contributed by atoms with E-state index in [0.717, 1.165) is 25.7 Å². The predicted octanol–water partition coefficient (Wildman–Crippen LogP) is 2.66. The second kappa shape index (κ2) is 5.20. The Hall–Kier alpha value is -0.610. The lowest BCUT2D eigenvalue weighted by Crippen LogP contribution is -2.60. The Labute approximate surface area is 133 Å². The van der Waals surface area contributed by atoms with E-state index in [-0.39, 0.29) is 18.0 Å². The molecular weight excluding hydrogens is 280 g/mol. The Morgan fingerprint density at radius 1 is 1.23 bits per heavy atom. The number of carbonyl (C=O) groups excluding carboxylic acids is 1. The highest BCUT2D eigenvalue weighted by molar-refractivity contribution is 5.73. The number of hydrogen-bond acceptors (Lipinski definition) is 4. The molecule has 3 atom stereocenters. The fourth-order valence-corrected chi connectivity index (χ4v) is 5.51. The van der Waals surface area contributed by atoms with Gasteiger partial charge in [-0.2, -0.15) is 0 Å². The summed E-state index contributed by atoms with van der Waals surface area (Å²) in [5.41, 5.74) is -1.11. The van der Waals surface area contributed by atoms with E-state index in [0.29, 0.717) is 24.7 Å². The van der Waals surface area contributed by atoms with Crippen LogP contribution in [0, 0.1) is 23.2 Å². The van der Waals surface area contributed by atoms with Crippen LogP contribution in [-0.4, -0.2) is 34.0 Å². The largest absolute Gasteiger partial charge is 0.459 e. The maximum Gasteiger partial charge on any atom is 0.311 e. The molecule has 0 heterocycles. The number of aliphatic hydroxyl groups excluding tert-OH is 1. The molecule has 126 valence electrons. The highest BCUT2D eigenvalue weighted by Crippen LogP contribution is 2.59. The van der Waals surface area contributed by atoms with Crippen molar-refractivity contribution in [1.82, 2.24) is 0 Å². The van der Waals surface area contributed by atoms with Crippen molar-refractivity contribution in [1.29, 1.82) is 0 Å². The summed E-state index contributed by atoms with van der Waals surface area (Å²) in [5, 5.41) is 20.3. The highest BCUT2D eigenvalue weighted by Gasteiger charge is 2.59. The fraction of sp³-hybridized carbons (Fsp3) is 0.944. The number of esters is 1. The summed E-state index contributed by atoms with van der Waals surface area (Å²) in [4.78, 5) is 12.6. The normalized spacial score (nSPS) is 41.5. The fourth-order valence-electron chi connectivity index (χ4n) is 5.51. The molecule has 4 bridgehead atoms. The first-order valence-corrected chi connectivity index (χ1v) is 8.68. The van der Waals surface area contributed by atoms with E-state index >= 15 is 0 Å². The lowest BCUT2D eigenvalue weighted by molar-refractivity contribution is -0.223. The molecule has 0 saturated heterocycles. The first-order chi connectivity index (χ1) is 10.1. The van der Waals surface area contributed by atoms with E-state index in [2.05, 4.69) is 20.8 Å². The van der Waals surface area contributed by atoms with Crippen LogP contribution in [0.2, 0.25) is 0 Å². The van der Waals surface area contributed by atoms with E-state index in [1.54, 1.807) is 0 Å². The molecule has 4 nitrogen and oxygen atoms in total. The number of hydrogen-bond donors (Lipinski definition) is 2. The van der Waals surface area contributed by atoms with Crippen molar-refractivity contribution in [3.63, 3.8) is 0 Å². The number of aliphatic hydroxyl groups is 2. The molecular formula is C18H30O4. The van der Waals surface area contributed by atoms with Gasteiger partial charge in [0, 0.05) is 6.42 Å². The smallest absolute Gasteiger partial charge is 0.311 e. The molecule has 4 fully saturated rings. The molecule has 0 spiro atoms. The van der Waals surface area contributed by atoms with Gasteiger partial charge < -0.3 is 14.9 Å². The number of ether oxygens (including phenoxy) is 1. The summed E-state index contributed by atoms with van der Waals surface area (Å²) >= 11 is 0. The average molecular weight is 310 g/mol. The van der Waals surface area contributed by atoms with Gasteiger partial charge in [-0.3, -0.25) is 4.79 Å². The maximum atomic E-state index is 12.6. The third kappa shape index (κ3) is 3.18. The molecule has 2 N–H and O–H groups in total. The lowest BCUT2D eigenvalue weighted by Gasteiger charge is -2.59. The number of rotatable bonds is 4. The van der Waals surface area contributed by atoms with Crippen molar-refractivity contribution in [2.75, 3.05) is 6.61 Å². The molecule has 4 aliphatic carbocycles. The van der Waals surface area contributed by atoms with Crippen LogP contribution in [0.5, 0.6) is 0 Å². The van der Waals surface area contributed by atoms with Crippen LogP contribution >= 0.6 is 0 Å². The second-order valence-electron chi connectivity index (χ2n) is 9.43. The minimum absolute atomic E-state index is 0.0217. The van der Waals surface area contributed by atoms with E-state index in [1.165, 1.54) is 6.42 Å². The zero-order chi connectivity index (χ0) is 16.2. The van der Waals surface area contributed by atoms with E-state index in [9.17, 15) is 15.0 Å². The number of carbonyl (C=O) groups is 1. The van der Waals surface area contributed by atoms with Crippen molar-refractivity contribution >= 4 is 5.97 Å². The Kier molecular flexibility index (Phi) is 3.84. The van der Waals surface area contributed by atoms with Crippen molar-refractivity contribution in [2.45, 2.75) is 76.9 Å². The Bertz CT molecular complexity index is 436. The predicted molar refractivity (Wildman–Crippen MR) is 83.1 cm³/mol.